The molecule has 1 aromatic rings. The number of hydrogen-bond donors (Lipinski definition) is 1. The van der Waals surface area contributed by atoms with Gasteiger partial charge in [0.1, 0.15) is 12.4 Å². The van der Waals surface area contributed by atoms with Crippen molar-refractivity contribution in [1.29, 1.82) is 0 Å². The first-order chi connectivity index (χ1) is 10.2. The molecule has 6 heteroatoms. The second-order valence-electron chi connectivity index (χ2n) is 5.34. The minimum Gasteiger partial charge on any atom is -0.472 e. The number of likely N-dealkylation sites (tertiary alicyclic amines) is 1. The number of rotatable bonds is 5. The second-order valence-corrected chi connectivity index (χ2v) is 5.34. The summed E-state index contributed by atoms with van der Waals surface area (Å²) in [5.74, 6) is 0.567. The number of ether oxygens (including phenoxy) is 1. The molecule has 0 bridgehead atoms. The molecule has 21 heavy (non-hydrogen) atoms. The lowest BCUT2D eigenvalue weighted by Crippen LogP contribution is -2.50. The highest BCUT2D eigenvalue weighted by Gasteiger charge is 2.25. The molecule has 6 nitrogen and oxygen atoms in total. The Morgan fingerprint density at radius 2 is 2.33 bits per heavy atom. The Hall–Kier alpha value is -1.85. The zero-order valence-electron chi connectivity index (χ0n) is 12.8. The van der Waals surface area contributed by atoms with Gasteiger partial charge >= 0.3 is 6.03 Å². The fraction of sp³-hybridized carbons (Fsp3) is 0.667. The van der Waals surface area contributed by atoms with Crippen molar-refractivity contribution in [2.24, 2.45) is 0 Å². The van der Waals surface area contributed by atoms with Crippen LogP contribution in [0.2, 0.25) is 0 Å². The van der Waals surface area contributed by atoms with Crippen LogP contribution < -0.4 is 10.1 Å². The quantitative estimate of drug-likeness (QED) is 0.903. The molecule has 1 fully saturated rings. The number of amides is 2. The highest BCUT2D eigenvalue weighted by molar-refractivity contribution is 5.74. The third kappa shape index (κ3) is 4.58. The molecule has 1 aliphatic rings. The van der Waals surface area contributed by atoms with E-state index in [2.05, 4.69) is 29.1 Å². The van der Waals surface area contributed by atoms with Gasteiger partial charge in [0.15, 0.2) is 0 Å². The van der Waals surface area contributed by atoms with E-state index in [0.29, 0.717) is 12.4 Å². The molecule has 1 N–H and O–H groups in total. The van der Waals surface area contributed by atoms with Gasteiger partial charge in [-0.3, -0.25) is 0 Å². The third-order valence-electron chi connectivity index (χ3n) is 3.82. The minimum absolute atomic E-state index is 0.00102. The summed E-state index contributed by atoms with van der Waals surface area (Å²) in [6.07, 6.45) is 6.93. The van der Waals surface area contributed by atoms with Crippen LogP contribution >= 0.6 is 0 Å². The molecule has 2 rings (SSSR count). The maximum atomic E-state index is 12.3. The Bertz CT molecular complexity index is 437. The van der Waals surface area contributed by atoms with Crippen molar-refractivity contribution >= 4 is 6.03 Å². The van der Waals surface area contributed by atoms with Crippen LogP contribution in [0, 0.1) is 0 Å². The van der Waals surface area contributed by atoms with Gasteiger partial charge < -0.3 is 15.0 Å². The highest BCUT2D eigenvalue weighted by atomic mass is 16.5. The average molecular weight is 292 g/mol. The largest absolute Gasteiger partial charge is 0.472 e. The van der Waals surface area contributed by atoms with Gasteiger partial charge in [0.05, 0.1) is 6.54 Å². The number of nitrogens with one attached hydrogen (secondary N) is 1. The van der Waals surface area contributed by atoms with E-state index >= 15 is 0 Å². The summed E-state index contributed by atoms with van der Waals surface area (Å²) >= 11 is 0. The smallest absolute Gasteiger partial charge is 0.317 e. The number of nitrogens with zero attached hydrogens (tertiary/aromatic N) is 3. The summed E-state index contributed by atoms with van der Waals surface area (Å²) in [4.78, 5) is 22.0. The molecule has 1 aromatic heterocycles. The fourth-order valence-corrected chi connectivity index (χ4v) is 2.50. The summed E-state index contributed by atoms with van der Waals surface area (Å²) in [5, 5.41) is 3.08. The summed E-state index contributed by atoms with van der Waals surface area (Å²) < 4.78 is 5.82. The summed E-state index contributed by atoms with van der Waals surface area (Å²) in [6.45, 7) is 5.57. The van der Waals surface area contributed by atoms with Crippen LogP contribution in [0.5, 0.6) is 5.88 Å². The predicted molar refractivity (Wildman–Crippen MR) is 80.2 cm³/mol. The maximum absolute atomic E-state index is 12.3. The molecule has 2 heterocycles. The van der Waals surface area contributed by atoms with E-state index < -0.39 is 0 Å². The van der Waals surface area contributed by atoms with Crippen LogP contribution in [0.3, 0.4) is 0 Å². The van der Waals surface area contributed by atoms with Crippen LogP contribution in [0.25, 0.3) is 0 Å². The molecule has 116 valence electrons. The van der Waals surface area contributed by atoms with E-state index in [1.165, 1.54) is 6.33 Å². The molecular weight excluding hydrogens is 268 g/mol. The SMILES string of the molecule is CCC(CC)NC(=O)N1CCCC(Oc2ccncn2)C1. The van der Waals surface area contributed by atoms with Gasteiger partial charge in [-0.15, -0.1) is 0 Å². The van der Waals surface area contributed by atoms with Crippen molar-refractivity contribution in [3.05, 3.63) is 18.6 Å². The molecule has 1 atom stereocenters. The topological polar surface area (TPSA) is 67.4 Å². The molecule has 0 aliphatic carbocycles. The van der Waals surface area contributed by atoms with E-state index in [1.54, 1.807) is 12.3 Å². The molecule has 0 saturated carbocycles. The summed E-state index contributed by atoms with van der Waals surface area (Å²) in [7, 11) is 0. The number of hydrogen-bond acceptors (Lipinski definition) is 4. The second kappa shape index (κ2) is 7.81. The maximum Gasteiger partial charge on any atom is 0.317 e. The Morgan fingerprint density at radius 1 is 1.52 bits per heavy atom. The van der Waals surface area contributed by atoms with Crippen LogP contribution in [0.1, 0.15) is 39.5 Å². The zero-order chi connectivity index (χ0) is 15.1. The molecular formula is C15H24N4O2. The lowest BCUT2D eigenvalue weighted by Gasteiger charge is -2.33. The Labute approximate surface area is 125 Å². The summed E-state index contributed by atoms with van der Waals surface area (Å²) in [6, 6.07) is 2.00. The van der Waals surface area contributed by atoms with E-state index in [4.69, 9.17) is 4.74 Å². The first-order valence-corrected chi connectivity index (χ1v) is 7.71. The lowest BCUT2D eigenvalue weighted by molar-refractivity contribution is 0.0964. The van der Waals surface area contributed by atoms with Crippen LogP contribution in [0.15, 0.2) is 18.6 Å². The van der Waals surface area contributed by atoms with Crippen molar-refractivity contribution < 1.29 is 9.53 Å². The van der Waals surface area contributed by atoms with Crippen molar-refractivity contribution in [3.8, 4) is 5.88 Å². The van der Waals surface area contributed by atoms with Gasteiger partial charge in [-0.05, 0) is 25.7 Å². The zero-order valence-corrected chi connectivity index (χ0v) is 12.8. The molecule has 0 radical (unpaired) electrons. The standard InChI is InChI=1S/C15H24N4O2/c1-3-12(4-2)18-15(20)19-9-5-6-13(10-19)21-14-7-8-16-11-17-14/h7-8,11-13H,3-6,9-10H2,1-2H3,(H,18,20). The van der Waals surface area contributed by atoms with E-state index in [0.717, 1.165) is 32.2 Å². The minimum atomic E-state index is 0.00102. The number of aromatic nitrogens is 2. The first kappa shape index (κ1) is 15.5. The van der Waals surface area contributed by atoms with E-state index in [9.17, 15) is 4.79 Å². The lowest BCUT2D eigenvalue weighted by atomic mass is 10.1. The first-order valence-electron chi connectivity index (χ1n) is 7.71. The van der Waals surface area contributed by atoms with Crippen LogP contribution in [0.4, 0.5) is 4.79 Å². The van der Waals surface area contributed by atoms with Crippen LogP contribution in [-0.4, -0.2) is 46.1 Å². The molecule has 1 saturated heterocycles. The molecule has 2 amide bonds. The van der Waals surface area contributed by atoms with Crippen molar-refractivity contribution in [2.75, 3.05) is 13.1 Å². The van der Waals surface area contributed by atoms with E-state index in [1.807, 2.05) is 4.90 Å². The van der Waals surface area contributed by atoms with Gasteiger partial charge in [-0.25, -0.2) is 14.8 Å². The molecule has 1 unspecified atom stereocenters. The van der Waals surface area contributed by atoms with Crippen molar-refractivity contribution in [1.82, 2.24) is 20.2 Å². The Morgan fingerprint density at radius 3 is 3.00 bits per heavy atom. The third-order valence-corrected chi connectivity index (χ3v) is 3.82. The highest BCUT2D eigenvalue weighted by Crippen LogP contribution is 2.16. The monoisotopic (exact) mass is 292 g/mol. The predicted octanol–water partition coefficient (Wildman–Crippen LogP) is 2.22. The molecule has 0 spiro atoms. The molecule has 1 aliphatic heterocycles. The number of carbonyl (C=O) groups is 1. The van der Waals surface area contributed by atoms with Crippen molar-refractivity contribution in [3.63, 3.8) is 0 Å². The normalized spacial score (nSPS) is 18.6. The van der Waals surface area contributed by atoms with Gasteiger partial charge in [0.2, 0.25) is 5.88 Å². The molecule has 0 aromatic carbocycles. The van der Waals surface area contributed by atoms with Gasteiger partial charge in [-0.2, -0.15) is 0 Å². The average Bonchev–Trinajstić information content (AvgIpc) is 2.53. The van der Waals surface area contributed by atoms with Crippen LogP contribution in [-0.2, 0) is 0 Å². The number of piperidine rings is 1. The fourth-order valence-electron chi connectivity index (χ4n) is 2.50. The Balaban J connectivity index is 1.87. The van der Waals surface area contributed by atoms with E-state index in [-0.39, 0.29) is 18.2 Å². The number of urea groups is 1. The summed E-state index contributed by atoms with van der Waals surface area (Å²) in [5.41, 5.74) is 0. The van der Waals surface area contributed by atoms with Crippen molar-refractivity contribution in [2.45, 2.75) is 51.7 Å². The van der Waals surface area contributed by atoms with Gasteiger partial charge in [-0.1, -0.05) is 13.8 Å². The van der Waals surface area contributed by atoms with Gasteiger partial charge in [0.25, 0.3) is 0 Å². The van der Waals surface area contributed by atoms with Gasteiger partial charge in [0, 0.05) is 24.8 Å². The number of carbonyl (C=O) groups excluding carboxylic acids is 1. The Kier molecular flexibility index (Phi) is 5.78.